The molecule has 0 aromatic rings. The Hall–Kier alpha value is -0.590. The van der Waals surface area contributed by atoms with Crippen molar-refractivity contribution in [3.63, 3.8) is 0 Å². The molecule has 3 atom stereocenters. The summed E-state index contributed by atoms with van der Waals surface area (Å²) in [7, 11) is 0. The lowest BCUT2D eigenvalue weighted by atomic mass is 9.67. The van der Waals surface area contributed by atoms with Crippen molar-refractivity contribution in [1.82, 2.24) is 9.80 Å². The Kier molecular flexibility index (Phi) is 5.33. The lowest BCUT2D eigenvalue weighted by Gasteiger charge is -2.47. The third kappa shape index (κ3) is 3.99. The molecule has 2 fully saturated rings. The van der Waals surface area contributed by atoms with E-state index in [1.807, 2.05) is 0 Å². The molecule has 1 heterocycles. The van der Waals surface area contributed by atoms with Crippen LogP contribution in [0.2, 0.25) is 0 Å². The Bertz CT molecular complexity index is 369. The van der Waals surface area contributed by atoms with Crippen molar-refractivity contribution in [1.29, 1.82) is 5.26 Å². The molecule has 3 heteroatoms. The number of nitriles is 1. The largest absolute Gasteiger partial charge is 0.298 e. The van der Waals surface area contributed by atoms with Gasteiger partial charge in [0.15, 0.2) is 0 Å². The van der Waals surface area contributed by atoms with E-state index in [2.05, 4.69) is 50.5 Å². The zero-order valence-corrected chi connectivity index (χ0v) is 14.6. The van der Waals surface area contributed by atoms with Crippen molar-refractivity contribution in [2.24, 2.45) is 17.3 Å². The Labute approximate surface area is 131 Å². The van der Waals surface area contributed by atoms with Crippen LogP contribution in [0.4, 0.5) is 0 Å². The standard InChI is InChI=1S/C18H33N3/c1-14(2)20-8-10-21(11-9-20)17-12-16(18(3,4)5)7-6-15(17)13-19/h14-17H,6-12H2,1-5H3. The quantitative estimate of drug-likeness (QED) is 0.781. The molecular formula is C18H33N3. The maximum atomic E-state index is 9.53. The number of hydrogen-bond donors (Lipinski definition) is 0. The highest BCUT2D eigenvalue weighted by Crippen LogP contribution is 2.41. The van der Waals surface area contributed by atoms with Gasteiger partial charge in [0, 0.05) is 38.3 Å². The Morgan fingerprint density at radius 1 is 1.05 bits per heavy atom. The fourth-order valence-corrected chi connectivity index (χ4v) is 4.07. The third-order valence-electron chi connectivity index (χ3n) is 5.76. The zero-order valence-electron chi connectivity index (χ0n) is 14.6. The molecule has 0 aromatic carbocycles. The summed E-state index contributed by atoms with van der Waals surface area (Å²) in [6.45, 7) is 16.2. The molecule has 1 aliphatic carbocycles. The van der Waals surface area contributed by atoms with E-state index >= 15 is 0 Å². The van der Waals surface area contributed by atoms with Crippen molar-refractivity contribution in [2.45, 2.75) is 66.0 Å². The average molecular weight is 291 g/mol. The van der Waals surface area contributed by atoms with Gasteiger partial charge in [-0.3, -0.25) is 9.80 Å². The van der Waals surface area contributed by atoms with Crippen LogP contribution >= 0.6 is 0 Å². The minimum absolute atomic E-state index is 0.245. The lowest BCUT2D eigenvalue weighted by molar-refractivity contribution is 0.0206. The molecule has 3 unspecified atom stereocenters. The van der Waals surface area contributed by atoms with Gasteiger partial charge in [0.1, 0.15) is 0 Å². The van der Waals surface area contributed by atoms with Gasteiger partial charge in [0.05, 0.1) is 12.0 Å². The minimum atomic E-state index is 0.245. The van der Waals surface area contributed by atoms with Crippen LogP contribution in [0.3, 0.4) is 0 Å². The van der Waals surface area contributed by atoms with Gasteiger partial charge < -0.3 is 0 Å². The molecule has 2 aliphatic rings. The van der Waals surface area contributed by atoms with E-state index in [0.29, 0.717) is 17.5 Å². The van der Waals surface area contributed by atoms with Crippen LogP contribution in [0.15, 0.2) is 0 Å². The normalized spacial score (nSPS) is 33.1. The molecule has 1 aliphatic heterocycles. The molecule has 21 heavy (non-hydrogen) atoms. The lowest BCUT2D eigenvalue weighted by Crippen LogP contribution is -2.55. The summed E-state index contributed by atoms with van der Waals surface area (Å²) in [5, 5.41) is 9.53. The summed E-state index contributed by atoms with van der Waals surface area (Å²) in [5.74, 6) is 1.00. The Morgan fingerprint density at radius 2 is 1.67 bits per heavy atom. The van der Waals surface area contributed by atoms with Crippen LogP contribution in [-0.2, 0) is 0 Å². The first-order chi connectivity index (χ1) is 9.82. The molecule has 1 saturated carbocycles. The van der Waals surface area contributed by atoms with Crippen molar-refractivity contribution < 1.29 is 0 Å². The van der Waals surface area contributed by atoms with Gasteiger partial charge in [-0.05, 0) is 44.4 Å². The zero-order chi connectivity index (χ0) is 15.6. The first kappa shape index (κ1) is 16.8. The summed E-state index contributed by atoms with van der Waals surface area (Å²) in [4.78, 5) is 5.17. The highest BCUT2D eigenvalue weighted by atomic mass is 15.3. The van der Waals surface area contributed by atoms with Crippen molar-refractivity contribution in [3.05, 3.63) is 0 Å². The molecule has 0 radical (unpaired) electrons. The van der Waals surface area contributed by atoms with E-state index in [4.69, 9.17) is 0 Å². The maximum Gasteiger partial charge on any atom is 0.0672 e. The highest BCUT2D eigenvalue weighted by molar-refractivity contribution is 5.00. The second kappa shape index (κ2) is 6.67. The minimum Gasteiger partial charge on any atom is -0.298 e. The average Bonchev–Trinajstić information content (AvgIpc) is 2.45. The van der Waals surface area contributed by atoms with E-state index in [1.54, 1.807) is 0 Å². The SMILES string of the molecule is CC(C)N1CCN(C2CC(C(C)(C)C)CCC2C#N)CC1. The fourth-order valence-electron chi connectivity index (χ4n) is 4.07. The number of piperazine rings is 1. The van der Waals surface area contributed by atoms with Crippen molar-refractivity contribution in [2.75, 3.05) is 26.2 Å². The van der Waals surface area contributed by atoms with E-state index < -0.39 is 0 Å². The van der Waals surface area contributed by atoms with Crippen LogP contribution in [0.1, 0.15) is 53.9 Å². The van der Waals surface area contributed by atoms with Crippen LogP contribution in [-0.4, -0.2) is 48.1 Å². The molecule has 0 spiro atoms. The molecule has 0 N–H and O–H groups in total. The van der Waals surface area contributed by atoms with Crippen LogP contribution in [0.5, 0.6) is 0 Å². The topological polar surface area (TPSA) is 30.3 Å². The van der Waals surface area contributed by atoms with E-state index in [0.717, 1.165) is 38.5 Å². The van der Waals surface area contributed by atoms with Gasteiger partial charge in [0.25, 0.3) is 0 Å². The van der Waals surface area contributed by atoms with Gasteiger partial charge in [-0.25, -0.2) is 0 Å². The van der Waals surface area contributed by atoms with Gasteiger partial charge in [-0.15, -0.1) is 0 Å². The number of hydrogen-bond acceptors (Lipinski definition) is 3. The van der Waals surface area contributed by atoms with Crippen LogP contribution in [0.25, 0.3) is 0 Å². The number of nitrogens with zero attached hydrogens (tertiary/aromatic N) is 3. The predicted octanol–water partition coefficient (Wildman–Crippen LogP) is 3.37. The second-order valence-electron chi connectivity index (χ2n) is 8.34. The maximum absolute atomic E-state index is 9.53. The monoisotopic (exact) mass is 291 g/mol. The van der Waals surface area contributed by atoms with Crippen molar-refractivity contribution in [3.8, 4) is 6.07 Å². The van der Waals surface area contributed by atoms with E-state index in [-0.39, 0.29) is 5.92 Å². The summed E-state index contributed by atoms with van der Waals surface area (Å²) in [5.41, 5.74) is 0.373. The predicted molar refractivity (Wildman–Crippen MR) is 88.0 cm³/mol. The first-order valence-electron chi connectivity index (χ1n) is 8.70. The van der Waals surface area contributed by atoms with Crippen LogP contribution in [0, 0.1) is 28.6 Å². The van der Waals surface area contributed by atoms with Gasteiger partial charge in [-0.1, -0.05) is 20.8 Å². The smallest absolute Gasteiger partial charge is 0.0672 e. The van der Waals surface area contributed by atoms with E-state index in [9.17, 15) is 5.26 Å². The summed E-state index contributed by atoms with van der Waals surface area (Å²) < 4.78 is 0. The number of rotatable bonds is 2. The Morgan fingerprint density at radius 3 is 2.14 bits per heavy atom. The first-order valence-corrected chi connectivity index (χ1v) is 8.70. The van der Waals surface area contributed by atoms with Crippen molar-refractivity contribution >= 4 is 0 Å². The van der Waals surface area contributed by atoms with Crippen LogP contribution < -0.4 is 0 Å². The van der Waals surface area contributed by atoms with Gasteiger partial charge >= 0.3 is 0 Å². The highest BCUT2D eigenvalue weighted by Gasteiger charge is 2.39. The molecule has 0 aromatic heterocycles. The molecule has 3 nitrogen and oxygen atoms in total. The summed E-state index contributed by atoms with van der Waals surface area (Å²) in [6, 6.07) is 3.74. The molecular weight excluding hydrogens is 258 g/mol. The molecule has 2 rings (SSSR count). The Balaban J connectivity index is 2.00. The molecule has 0 amide bonds. The van der Waals surface area contributed by atoms with E-state index in [1.165, 1.54) is 12.8 Å². The second-order valence-corrected chi connectivity index (χ2v) is 8.34. The fraction of sp³-hybridized carbons (Fsp3) is 0.944. The summed E-state index contributed by atoms with van der Waals surface area (Å²) in [6.07, 6.45) is 3.53. The van der Waals surface area contributed by atoms with Gasteiger partial charge in [0.2, 0.25) is 0 Å². The van der Waals surface area contributed by atoms with Gasteiger partial charge in [-0.2, -0.15) is 5.26 Å². The molecule has 120 valence electrons. The molecule has 0 bridgehead atoms. The molecule has 1 saturated heterocycles. The summed E-state index contributed by atoms with van der Waals surface area (Å²) >= 11 is 0. The third-order valence-corrected chi connectivity index (χ3v) is 5.76.